The van der Waals surface area contributed by atoms with Gasteiger partial charge in [-0.15, -0.1) is 0 Å². The summed E-state index contributed by atoms with van der Waals surface area (Å²) in [5, 5.41) is 3.99. The van der Waals surface area contributed by atoms with Crippen molar-refractivity contribution < 1.29 is 9.53 Å². The first-order chi connectivity index (χ1) is 13.3. The second kappa shape index (κ2) is 9.80. The fourth-order valence-corrected chi connectivity index (χ4v) is 2.86. The zero-order valence-electron chi connectivity index (χ0n) is 15.4. The van der Waals surface area contributed by atoms with Gasteiger partial charge in [-0.25, -0.2) is 16.3 Å². The second-order valence-corrected chi connectivity index (χ2v) is 6.39. The molecule has 142 valence electrons. The van der Waals surface area contributed by atoms with Crippen LogP contribution in [0.4, 0.5) is 0 Å². The number of rotatable bonds is 8. The molecule has 1 aliphatic heterocycles. The highest BCUT2D eigenvalue weighted by Crippen LogP contribution is 2.30. The van der Waals surface area contributed by atoms with Crippen molar-refractivity contribution in [3.05, 3.63) is 59.9 Å². The van der Waals surface area contributed by atoms with Crippen LogP contribution >= 0.6 is 0 Å². The molecular weight excluding hydrogens is 342 g/mol. The maximum atomic E-state index is 12.3. The van der Waals surface area contributed by atoms with E-state index in [2.05, 4.69) is 33.3 Å². The summed E-state index contributed by atoms with van der Waals surface area (Å²) in [7, 11) is 0. The molecule has 2 unspecified atom stereocenters. The molecule has 3 rings (SSSR count). The average molecular weight is 367 g/mol. The summed E-state index contributed by atoms with van der Waals surface area (Å²) in [6.07, 6.45) is 7.66. The molecule has 0 aliphatic carbocycles. The second-order valence-electron chi connectivity index (χ2n) is 6.39. The van der Waals surface area contributed by atoms with Crippen molar-refractivity contribution in [2.45, 2.75) is 38.3 Å². The van der Waals surface area contributed by atoms with E-state index in [1.807, 2.05) is 36.4 Å². The van der Waals surface area contributed by atoms with Crippen molar-refractivity contribution in [1.82, 2.24) is 21.3 Å². The zero-order valence-corrected chi connectivity index (χ0v) is 15.4. The van der Waals surface area contributed by atoms with Crippen LogP contribution in [0.3, 0.4) is 0 Å². The van der Waals surface area contributed by atoms with Gasteiger partial charge in [0.25, 0.3) is 5.91 Å². The maximum absolute atomic E-state index is 12.3. The summed E-state index contributed by atoms with van der Waals surface area (Å²) in [6, 6.07) is 11.3. The first kappa shape index (κ1) is 19.0. The number of nitrogens with one attached hydrogen (secondary N) is 3. The molecule has 0 saturated carbocycles. The van der Waals surface area contributed by atoms with E-state index in [1.54, 1.807) is 18.6 Å². The number of hydrogen-bond acceptors (Lipinski definition) is 6. The first-order valence-electron chi connectivity index (χ1n) is 9.23. The van der Waals surface area contributed by atoms with E-state index in [-0.39, 0.29) is 18.0 Å². The third-order valence-corrected chi connectivity index (χ3v) is 4.34. The van der Waals surface area contributed by atoms with E-state index < -0.39 is 0 Å². The molecule has 2 heterocycles. The van der Waals surface area contributed by atoms with Crippen molar-refractivity contribution in [3.63, 3.8) is 0 Å². The molecule has 1 aromatic carbocycles. The van der Waals surface area contributed by atoms with Gasteiger partial charge in [0.2, 0.25) is 0 Å². The normalized spacial score (nSPS) is 19.3. The number of hydrazone groups is 1. The smallest absolute Gasteiger partial charge is 0.258 e. The van der Waals surface area contributed by atoms with Gasteiger partial charge in [-0.2, -0.15) is 5.10 Å². The molecule has 2 atom stereocenters. The third-order valence-electron chi connectivity index (χ3n) is 4.34. The molecule has 1 aromatic heterocycles. The highest BCUT2D eigenvalue weighted by Gasteiger charge is 2.31. The van der Waals surface area contributed by atoms with E-state index in [9.17, 15) is 4.79 Å². The Morgan fingerprint density at radius 1 is 1.33 bits per heavy atom. The summed E-state index contributed by atoms with van der Waals surface area (Å²) in [6.45, 7) is 2.83. The Kier molecular flexibility index (Phi) is 6.90. The highest BCUT2D eigenvalue weighted by atomic mass is 16.5. The lowest BCUT2D eigenvalue weighted by Crippen LogP contribution is -2.41. The average Bonchev–Trinajstić information content (AvgIpc) is 3.19. The molecule has 7 nitrogen and oxygen atoms in total. The van der Waals surface area contributed by atoms with Crippen LogP contribution in [0.25, 0.3) is 0 Å². The molecule has 3 N–H and O–H groups in total. The number of para-hydroxylation sites is 1. The SMILES string of the molecule is CCCCOc1ccccc1C1CC(C(=O)N/N=C/c2cccnc2)NN1. The molecule has 1 amide bonds. The van der Waals surface area contributed by atoms with Gasteiger partial charge in [-0.1, -0.05) is 37.6 Å². The number of nitrogens with zero attached hydrogens (tertiary/aromatic N) is 2. The molecule has 2 aromatic rings. The summed E-state index contributed by atoms with van der Waals surface area (Å²) in [5.74, 6) is 0.676. The number of pyridine rings is 1. The highest BCUT2D eigenvalue weighted by molar-refractivity contribution is 5.84. The topological polar surface area (TPSA) is 87.6 Å². The minimum atomic E-state index is -0.371. The molecule has 1 aliphatic rings. The number of hydrogen-bond donors (Lipinski definition) is 3. The zero-order chi connectivity index (χ0) is 18.9. The lowest BCUT2D eigenvalue weighted by atomic mass is 10.0. The Balaban J connectivity index is 1.55. The molecule has 1 fully saturated rings. The van der Waals surface area contributed by atoms with Crippen LogP contribution in [0, 0.1) is 0 Å². The maximum Gasteiger partial charge on any atom is 0.258 e. The van der Waals surface area contributed by atoms with Gasteiger partial charge in [0.05, 0.1) is 18.9 Å². The number of carbonyl (C=O) groups is 1. The third kappa shape index (κ3) is 5.35. The first-order valence-corrected chi connectivity index (χ1v) is 9.23. The summed E-state index contributed by atoms with van der Waals surface area (Å²) in [5.41, 5.74) is 10.7. The quantitative estimate of drug-likeness (QED) is 0.379. The van der Waals surface area contributed by atoms with Crippen LogP contribution in [0.1, 0.15) is 43.4 Å². The monoisotopic (exact) mass is 367 g/mol. The number of amides is 1. The van der Waals surface area contributed by atoms with Crippen molar-refractivity contribution in [1.29, 1.82) is 0 Å². The van der Waals surface area contributed by atoms with E-state index in [1.165, 1.54) is 0 Å². The van der Waals surface area contributed by atoms with E-state index in [0.717, 1.165) is 29.7 Å². The molecule has 27 heavy (non-hydrogen) atoms. The number of carbonyl (C=O) groups excluding carboxylic acids is 1. The molecule has 0 radical (unpaired) electrons. The Labute approximate surface area is 159 Å². The predicted octanol–water partition coefficient (Wildman–Crippen LogP) is 2.32. The lowest BCUT2D eigenvalue weighted by molar-refractivity contribution is -0.122. The van der Waals surface area contributed by atoms with Gasteiger partial charge < -0.3 is 4.74 Å². The van der Waals surface area contributed by atoms with Gasteiger partial charge in [0, 0.05) is 23.5 Å². The van der Waals surface area contributed by atoms with Crippen LogP contribution in [-0.4, -0.2) is 29.8 Å². The summed E-state index contributed by atoms with van der Waals surface area (Å²) >= 11 is 0. The standard InChI is InChI=1S/C20H25N5O2/c1-2-3-11-27-19-9-5-4-8-16(19)17-12-18(24-23-17)20(26)25-22-14-15-7-6-10-21-13-15/h4-10,13-14,17-18,23-24H,2-3,11-12H2,1H3,(H,25,26)/b22-14+. The van der Waals surface area contributed by atoms with Gasteiger partial charge in [0.15, 0.2) is 0 Å². The fourth-order valence-electron chi connectivity index (χ4n) is 2.86. The van der Waals surface area contributed by atoms with Gasteiger partial charge >= 0.3 is 0 Å². The fraction of sp³-hybridized carbons (Fsp3) is 0.350. The van der Waals surface area contributed by atoms with Crippen LogP contribution in [0.15, 0.2) is 53.9 Å². The summed E-state index contributed by atoms with van der Waals surface area (Å²) < 4.78 is 5.90. The Morgan fingerprint density at radius 2 is 2.22 bits per heavy atom. The Bertz CT molecular complexity index is 766. The molecule has 1 saturated heterocycles. The van der Waals surface area contributed by atoms with Gasteiger partial charge in [0.1, 0.15) is 11.8 Å². The largest absolute Gasteiger partial charge is 0.493 e. The number of hydrazine groups is 1. The van der Waals surface area contributed by atoms with Crippen LogP contribution in [0.5, 0.6) is 5.75 Å². The Morgan fingerprint density at radius 3 is 3.04 bits per heavy atom. The van der Waals surface area contributed by atoms with Crippen molar-refractivity contribution in [3.8, 4) is 5.75 Å². The lowest BCUT2D eigenvalue weighted by Gasteiger charge is -2.15. The van der Waals surface area contributed by atoms with Crippen molar-refractivity contribution >= 4 is 12.1 Å². The van der Waals surface area contributed by atoms with Crippen molar-refractivity contribution in [2.24, 2.45) is 5.10 Å². The Hall–Kier alpha value is -2.77. The van der Waals surface area contributed by atoms with E-state index >= 15 is 0 Å². The molecular formula is C20H25N5O2. The van der Waals surface area contributed by atoms with E-state index in [4.69, 9.17) is 4.74 Å². The molecule has 0 spiro atoms. The molecule has 7 heteroatoms. The van der Waals surface area contributed by atoms with Crippen LogP contribution in [0.2, 0.25) is 0 Å². The van der Waals surface area contributed by atoms with Crippen LogP contribution < -0.4 is 21.0 Å². The summed E-state index contributed by atoms with van der Waals surface area (Å²) in [4.78, 5) is 16.3. The minimum absolute atomic E-state index is 0.000814. The number of ether oxygens (including phenoxy) is 1. The molecule has 0 bridgehead atoms. The number of benzene rings is 1. The van der Waals surface area contributed by atoms with Crippen LogP contribution in [-0.2, 0) is 4.79 Å². The van der Waals surface area contributed by atoms with Gasteiger partial charge in [-0.3, -0.25) is 9.78 Å². The van der Waals surface area contributed by atoms with E-state index in [0.29, 0.717) is 13.0 Å². The van der Waals surface area contributed by atoms with Gasteiger partial charge in [-0.05, 0) is 25.0 Å². The number of aromatic nitrogens is 1. The number of unbranched alkanes of at least 4 members (excludes halogenated alkanes) is 1. The predicted molar refractivity (Wildman–Crippen MR) is 104 cm³/mol. The van der Waals surface area contributed by atoms with Crippen molar-refractivity contribution in [2.75, 3.05) is 6.61 Å². The minimum Gasteiger partial charge on any atom is -0.493 e.